The van der Waals surface area contributed by atoms with Crippen molar-refractivity contribution in [3.05, 3.63) is 24.3 Å². The molecular weight excluding hydrogens is 364 g/mol. The molecule has 10 heteroatoms. The van der Waals surface area contributed by atoms with Crippen molar-refractivity contribution in [3.8, 4) is 0 Å². The van der Waals surface area contributed by atoms with Gasteiger partial charge in [0.2, 0.25) is 5.91 Å². The third-order valence-corrected chi connectivity index (χ3v) is 5.85. The number of anilines is 1. The Hall–Kier alpha value is -1.91. The van der Waals surface area contributed by atoms with E-state index in [1.165, 1.54) is 23.5 Å². The van der Waals surface area contributed by atoms with E-state index in [2.05, 4.69) is 21.3 Å². The summed E-state index contributed by atoms with van der Waals surface area (Å²) in [5, 5.41) is 10.2. The number of rotatable bonds is 4. The van der Waals surface area contributed by atoms with Crippen LogP contribution in [0.3, 0.4) is 0 Å². The number of benzene rings is 1. The van der Waals surface area contributed by atoms with Gasteiger partial charge >= 0.3 is 6.09 Å². The van der Waals surface area contributed by atoms with Crippen LogP contribution in [0.15, 0.2) is 29.2 Å². The molecule has 134 valence electrons. The number of amides is 3. The van der Waals surface area contributed by atoms with Gasteiger partial charge in [0.1, 0.15) is 11.4 Å². The van der Waals surface area contributed by atoms with Crippen LogP contribution in [0.2, 0.25) is 0 Å². The second-order valence-corrected chi connectivity index (χ2v) is 7.55. The zero-order chi connectivity index (χ0) is 17.8. The molecule has 3 atom stereocenters. The van der Waals surface area contributed by atoms with Gasteiger partial charge in [0.25, 0.3) is 5.91 Å². The predicted octanol–water partition coefficient (Wildman–Crippen LogP) is 0.908. The van der Waals surface area contributed by atoms with Gasteiger partial charge in [-0.25, -0.2) is 4.79 Å². The molecule has 3 amide bonds. The first-order valence-electron chi connectivity index (χ1n) is 7.73. The van der Waals surface area contributed by atoms with Crippen LogP contribution in [0, 0.1) is 0 Å². The summed E-state index contributed by atoms with van der Waals surface area (Å²) in [5.41, 5.74) is 0.918. The van der Waals surface area contributed by atoms with E-state index in [1.54, 1.807) is 6.92 Å². The Labute approximate surface area is 153 Å². The van der Waals surface area contributed by atoms with Crippen LogP contribution >= 0.6 is 23.5 Å². The predicted molar refractivity (Wildman–Crippen MR) is 96.2 cm³/mol. The summed E-state index contributed by atoms with van der Waals surface area (Å²) >= 11 is 2.82. The number of ether oxygens (including phenoxy) is 1. The highest BCUT2D eigenvalue weighted by Gasteiger charge is 2.37. The minimum absolute atomic E-state index is 0.178. The Balaban J connectivity index is 1.56. The van der Waals surface area contributed by atoms with Gasteiger partial charge in [-0.3, -0.25) is 20.2 Å². The maximum absolute atomic E-state index is 12.5. The third kappa shape index (κ3) is 4.20. The van der Waals surface area contributed by atoms with Crippen LogP contribution in [0.1, 0.15) is 6.92 Å². The molecule has 8 nitrogen and oxygen atoms in total. The summed E-state index contributed by atoms with van der Waals surface area (Å²) in [6.45, 7) is 1.83. The smallest absolute Gasteiger partial charge is 0.413 e. The standard InChI is InChI=1S/C15H18N4O4S2/c1-2-23-15(22)19-11(20)10-13(24-7-16-10)18-12(21)14-17-8-5-3-4-6-9(8)25-14/h3-6,10,13-14,16-17H,2,7H2,1H3,(H,18,21)(H,19,20,22). The summed E-state index contributed by atoms with van der Waals surface area (Å²) in [6, 6.07) is 6.98. The Kier molecular flexibility index (Phi) is 5.71. The zero-order valence-electron chi connectivity index (χ0n) is 13.4. The number of fused-ring (bicyclic) bond motifs is 1. The number of nitrogens with one attached hydrogen (secondary N) is 4. The Morgan fingerprint density at radius 1 is 1.28 bits per heavy atom. The molecule has 0 radical (unpaired) electrons. The number of hydrogen-bond acceptors (Lipinski definition) is 8. The Morgan fingerprint density at radius 3 is 2.84 bits per heavy atom. The summed E-state index contributed by atoms with van der Waals surface area (Å²) in [5.74, 6) is -0.238. The molecule has 1 aromatic rings. The monoisotopic (exact) mass is 382 g/mol. The number of thioether (sulfide) groups is 2. The van der Waals surface area contributed by atoms with Crippen molar-refractivity contribution in [2.24, 2.45) is 0 Å². The molecule has 1 fully saturated rings. The van der Waals surface area contributed by atoms with Crippen molar-refractivity contribution in [2.45, 2.75) is 28.6 Å². The van der Waals surface area contributed by atoms with E-state index in [9.17, 15) is 14.4 Å². The van der Waals surface area contributed by atoms with E-state index in [0.717, 1.165) is 10.6 Å². The summed E-state index contributed by atoms with van der Waals surface area (Å²) in [7, 11) is 0. The zero-order valence-corrected chi connectivity index (χ0v) is 15.0. The van der Waals surface area contributed by atoms with Crippen molar-refractivity contribution >= 4 is 47.1 Å². The second-order valence-electron chi connectivity index (χ2n) is 5.27. The van der Waals surface area contributed by atoms with Crippen LogP contribution in [0.5, 0.6) is 0 Å². The van der Waals surface area contributed by atoms with Crippen molar-refractivity contribution in [2.75, 3.05) is 17.8 Å². The molecule has 2 heterocycles. The molecule has 3 unspecified atom stereocenters. The third-order valence-electron chi connectivity index (χ3n) is 3.59. The molecule has 0 saturated carbocycles. The molecule has 3 rings (SSSR count). The molecule has 0 aliphatic carbocycles. The number of para-hydroxylation sites is 1. The highest BCUT2D eigenvalue weighted by atomic mass is 32.2. The normalized spacial score (nSPS) is 24.1. The lowest BCUT2D eigenvalue weighted by Crippen LogP contribution is -2.54. The fourth-order valence-corrected chi connectivity index (χ4v) is 4.55. The average Bonchev–Trinajstić information content (AvgIpc) is 3.21. The van der Waals surface area contributed by atoms with Crippen LogP contribution in [-0.2, 0) is 14.3 Å². The average molecular weight is 382 g/mol. The summed E-state index contributed by atoms with van der Waals surface area (Å²) < 4.78 is 4.70. The first kappa shape index (κ1) is 17.9. The van der Waals surface area contributed by atoms with Gasteiger partial charge in [-0.2, -0.15) is 0 Å². The molecule has 2 aliphatic rings. The molecule has 4 N–H and O–H groups in total. The van der Waals surface area contributed by atoms with E-state index in [4.69, 9.17) is 4.74 Å². The van der Waals surface area contributed by atoms with Gasteiger partial charge < -0.3 is 15.4 Å². The minimum atomic E-state index is -0.792. The first-order valence-corrected chi connectivity index (χ1v) is 9.66. The Morgan fingerprint density at radius 2 is 2.08 bits per heavy atom. The minimum Gasteiger partial charge on any atom is -0.450 e. The molecule has 1 aromatic carbocycles. The number of alkyl carbamates (subject to hydrolysis) is 1. The highest BCUT2D eigenvalue weighted by molar-refractivity contribution is 8.01. The molecule has 0 bridgehead atoms. The number of imide groups is 1. The molecule has 0 spiro atoms. The van der Waals surface area contributed by atoms with Gasteiger partial charge in [0.15, 0.2) is 5.37 Å². The second kappa shape index (κ2) is 7.98. The lowest BCUT2D eigenvalue weighted by Gasteiger charge is -2.20. The number of carbonyl (C=O) groups is 3. The van der Waals surface area contributed by atoms with E-state index in [0.29, 0.717) is 5.88 Å². The van der Waals surface area contributed by atoms with E-state index in [-0.39, 0.29) is 12.5 Å². The topological polar surface area (TPSA) is 109 Å². The van der Waals surface area contributed by atoms with Crippen molar-refractivity contribution in [1.29, 1.82) is 0 Å². The molecule has 1 saturated heterocycles. The van der Waals surface area contributed by atoms with Crippen LogP contribution in [-0.4, -0.2) is 47.2 Å². The lowest BCUT2D eigenvalue weighted by atomic mass is 10.2. The maximum Gasteiger partial charge on any atom is 0.413 e. The van der Waals surface area contributed by atoms with Gasteiger partial charge in [-0.05, 0) is 19.1 Å². The number of carbonyl (C=O) groups excluding carboxylic acids is 3. The SMILES string of the molecule is CCOC(=O)NC(=O)C1NCSC1NC(=O)C1Nc2ccccc2S1. The largest absolute Gasteiger partial charge is 0.450 e. The number of hydrogen-bond donors (Lipinski definition) is 4. The summed E-state index contributed by atoms with van der Waals surface area (Å²) in [4.78, 5) is 37.1. The van der Waals surface area contributed by atoms with Crippen LogP contribution in [0.4, 0.5) is 10.5 Å². The summed E-state index contributed by atoms with van der Waals surface area (Å²) in [6.07, 6.45) is -0.792. The quantitative estimate of drug-likeness (QED) is 0.609. The van der Waals surface area contributed by atoms with Crippen molar-refractivity contribution in [3.63, 3.8) is 0 Å². The Bertz CT molecular complexity index is 662. The van der Waals surface area contributed by atoms with Gasteiger partial charge in [0, 0.05) is 16.5 Å². The van der Waals surface area contributed by atoms with Crippen molar-refractivity contribution < 1.29 is 19.1 Å². The lowest BCUT2D eigenvalue weighted by molar-refractivity contribution is -0.123. The highest BCUT2D eigenvalue weighted by Crippen LogP contribution is 2.38. The van der Waals surface area contributed by atoms with E-state index >= 15 is 0 Å². The molecule has 2 aliphatic heterocycles. The fourth-order valence-electron chi connectivity index (χ4n) is 2.45. The van der Waals surface area contributed by atoms with E-state index < -0.39 is 28.8 Å². The maximum atomic E-state index is 12.5. The van der Waals surface area contributed by atoms with Crippen molar-refractivity contribution in [1.82, 2.24) is 16.0 Å². The first-order chi connectivity index (χ1) is 12.1. The molecule has 0 aromatic heterocycles. The fraction of sp³-hybridized carbons (Fsp3) is 0.400. The molecular formula is C15H18N4O4S2. The van der Waals surface area contributed by atoms with Crippen LogP contribution in [0.25, 0.3) is 0 Å². The van der Waals surface area contributed by atoms with E-state index in [1.807, 2.05) is 24.3 Å². The van der Waals surface area contributed by atoms with Crippen LogP contribution < -0.4 is 21.3 Å². The molecule has 25 heavy (non-hydrogen) atoms. The van der Waals surface area contributed by atoms with Gasteiger partial charge in [0.05, 0.1) is 6.61 Å². The van der Waals surface area contributed by atoms with Gasteiger partial charge in [-0.1, -0.05) is 23.9 Å². The van der Waals surface area contributed by atoms with Gasteiger partial charge in [-0.15, -0.1) is 11.8 Å².